The second-order valence-electron chi connectivity index (χ2n) is 7.12. The van der Waals surface area contributed by atoms with Gasteiger partial charge in [-0.25, -0.2) is 13.4 Å². The molecule has 3 rings (SSSR count). The Kier molecular flexibility index (Phi) is 5.40. The summed E-state index contributed by atoms with van der Waals surface area (Å²) in [6, 6.07) is 7.57. The van der Waals surface area contributed by atoms with Crippen molar-refractivity contribution in [2.45, 2.75) is 50.3 Å². The average molecular weight is 364 g/mol. The van der Waals surface area contributed by atoms with E-state index < -0.39 is 9.84 Å². The minimum absolute atomic E-state index is 0.0793. The Labute approximate surface area is 148 Å². The molecule has 0 aliphatic heterocycles. The predicted molar refractivity (Wildman–Crippen MR) is 101 cm³/mol. The van der Waals surface area contributed by atoms with Crippen molar-refractivity contribution in [1.82, 2.24) is 4.98 Å². The van der Waals surface area contributed by atoms with E-state index in [1.165, 1.54) is 37.0 Å². The largest absolute Gasteiger partial charge is 0.225 e. The van der Waals surface area contributed by atoms with Crippen molar-refractivity contribution in [3.05, 3.63) is 35.9 Å². The first kappa shape index (κ1) is 17.6. The molecule has 2 aromatic rings. The minimum Gasteiger partial charge on any atom is -0.225 e. The third-order valence-electron chi connectivity index (χ3n) is 4.89. The molecule has 24 heavy (non-hydrogen) atoms. The van der Waals surface area contributed by atoms with Crippen LogP contribution < -0.4 is 0 Å². The molecule has 1 heterocycles. The van der Waals surface area contributed by atoms with Crippen molar-refractivity contribution in [3.63, 3.8) is 0 Å². The van der Waals surface area contributed by atoms with Crippen LogP contribution in [0.5, 0.6) is 0 Å². The summed E-state index contributed by atoms with van der Waals surface area (Å²) in [4.78, 5) is 4.30. The highest BCUT2D eigenvalue weighted by Gasteiger charge is 2.21. The summed E-state index contributed by atoms with van der Waals surface area (Å²) >= 11 is 1.27. The number of para-hydroxylation sites is 1. The fourth-order valence-electron chi connectivity index (χ4n) is 3.34. The van der Waals surface area contributed by atoms with E-state index in [0.717, 1.165) is 34.0 Å². The Morgan fingerprint density at radius 3 is 2.67 bits per heavy atom. The van der Waals surface area contributed by atoms with Gasteiger partial charge in [-0.05, 0) is 50.2 Å². The van der Waals surface area contributed by atoms with Crippen molar-refractivity contribution >= 4 is 31.4 Å². The van der Waals surface area contributed by atoms with Gasteiger partial charge in [0, 0.05) is 0 Å². The van der Waals surface area contributed by atoms with Crippen molar-refractivity contribution < 1.29 is 8.42 Å². The Bertz CT molecular complexity index is 795. The summed E-state index contributed by atoms with van der Waals surface area (Å²) in [7, 11) is -3.34. The molecule has 1 aliphatic rings. The first-order valence-corrected chi connectivity index (χ1v) is 11.1. The van der Waals surface area contributed by atoms with Crippen LogP contribution in [0.3, 0.4) is 0 Å². The monoisotopic (exact) mass is 363 g/mol. The summed E-state index contributed by atoms with van der Waals surface area (Å²) in [6.45, 7) is 4.25. The fraction of sp³-hybridized carbons (Fsp3) is 0.526. The van der Waals surface area contributed by atoms with Gasteiger partial charge in [0.05, 0.1) is 16.0 Å². The number of allylic oxidation sites excluding steroid dienone is 1. The van der Waals surface area contributed by atoms with Gasteiger partial charge < -0.3 is 0 Å². The molecule has 5 heteroatoms. The van der Waals surface area contributed by atoms with Gasteiger partial charge in [0.2, 0.25) is 14.2 Å². The third kappa shape index (κ3) is 4.25. The number of sulfone groups is 1. The van der Waals surface area contributed by atoms with E-state index in [1.807, 2.05) is 31.2 Å². The lowest BCUT2D eigenvalue weighted by Gasteiger charge is -2.25. The van der Waals surface area contributed by atoms with Gasteiger partial charge in [-0.3, -0.25) is 0 Å². The lowest BCUT2D eigenvalue weighted by molar-refractivity contribution is 0.292. The molecule has 0 spiro atoms. The van der Waals surface area contributed by atoms with E-state index in [1.54, 1.807) is 0 Å². The van der Waals surface area contributed by atoms with E-state index in [0.29, 0.717) is 0 Å². The number of hydrogen-bond donors (Lipinski definition) is 0. The van der Waals surface area contributed by atoms with E-state index >= 15 is 0 Å². The number of aromatic nitrogens is 1. The quantitative estimate of drug-likeness (QED) is 0.683. The van der Waals surface area contributed by atoms with E-state index in [2.05, 4.69) is 18.0 Å². The third-order valence-corrected chi connectivity index (χ3v) is 8.19. The van der Waals surface area contributed by atoms with Crippen LogP contribution in [0.15, 0.2) is 40.3 Å². The van der Waals surface area contributed by atoms with Crippen molar-refractivity contribution in [1.29, 1.82) is 0 Å². The van der Waals surface area contributed by atoms with Gasteiger partial charge in [0.15, 0.2) is 0 Å². The van der Waals surface area contributed by atoms with Crippen LogP contribution in [0.1, 0.15) is 46.0 Å². The molecule has 0 atom stereocenters. The summed E-state index contributed by atoms with van der Waals surface area (Å²) in [5.74, 6) is 1.66. The summed E-state index contributed by atoms with van der Waals surface area (Å²) in [5.41, 5.74) is 1.70. The molecule has 1 aromatic heterocycles. The zero-order chi connectivity index (χ0) is 17.2. The standard InChI is InChI=1S/C19H25NO2S2/c1-14-7-10-16(11-8-14)12-9-15(2)13-24(21,22)19-20-17-5-3-4-6-18(17)23-19/h3-6,9,14,16H,7-8,10-13H2,1-2H3/b15-9+/t14-,16+. The average Bonchev–Trinajstić information content (AvgIpc) is 2.99. The molecule has 3 nitrogen and oxygen atoms in total. The molecule has 1 saturated carbocycles. The molecule has 0 radical (unpaired) electrons. The van der Waals surface area contributed by atoms with Crippen LogP contribution in [0, 0.1) is 11.8 Å². The Morgan fingerprint density at radius 2 is 1.96 bits per heavy atom. The Morgan fingerprint density at radius 1 is 1.25 bits per heavy atom. The van der Waals surface area contributed by atoms with Crippen LogP contribution in [0.25, 0.3) is 10.2 Å². The molecule has 1 aromatic carbocycles. The number of thiazole rings is 1. The van der Waals surface area contributed by atoms with Gasteiger partial charge in [-0.15, -0.1) is 11.3 Å². The van der Waals surface area contributed by atoms with Gasteiger partial charge in [-0.2, -0.15) is 0 Å². The van der Waals surface area contributed by atoms with Crippen LogP contribution >= 0.6 is 11.3 Å². The highest BCUT2D eigenvalue weighted by molar-refractivity contribution is 7.93. The van der Waals surface area contributed by atoms with Gasteiger partial charge in [0.1, 0.15) is 0 Å². The topological polar surface area (TPSA) is 47.0 Å². The van der Waals surface area contributed by atoms with Crippen molar-refractivity contribution in [3.8, 4) is 0 Å². The highest BCUT2D eigenvalue weighted by atomic mass is 32.2. The molecule has 1 aliphatic carbocycles. The molecule has 0 N–H and O–H groups in total. The number of nitrogens with zero attached hydrogens (tertiary/aromatic N) is 1. The molecule has 0 saturated heterocycles. The van der Waals surface area contributed by atoms with E-state index in [-0.39, 0.29) is 10.1 Å². The SMILES string of the molecule is C/C(=C\C[C@H]1CC[C@@H](C)CC1)CS(=O)(=O)c1nc2ccccc2s1. The van der Waals surface area contributed by atoms with Gasteiger partial charge >= 0.3 is 0 Å². The maximum atomic E-state index is 12.6. The van der Waals surface area contributed by atoms with E-state index in [9.17, 15) is 8.42 Å². The minimum atomic E-state index is -3.34. The van der Waals surface area contributed by atoms with E-state index in [4.69, 9.17) is 0 Å². The number of benzene rings is 1. The van der Waals surface area contributed by atoms with Crippen molar-refractivity contribution in [2.75, 3.05) is 5.75 Å². The summed E-state index contributed by atoms with van der Waals surface area (Å²) < 4.78 is 26.4. The van der Waals surface area contributed by atoms with Crippen LogP contribution in [0.2, 0.25) is 0 Å². The first-order valence-electron chi connectivity index (χ1n) is 8.68. The lowest BCUT2D eigenvalue weighted by atomic mass is 9.81. The Balaban J connectivity index is 1.65. The fourth-order valence-corrected chi connectivity index (χ4v) is 6.07. The smallest absolute Gasteiger partial charge is 0.210 e. The lowest BCUT2D eigenvalue weighted by Crippen LogP contribution is -2.12. The van der Waals surface area contributed by atoms with Crippen LogP contribution in [-0.4, -0.2) is 19.2 Å². The van der Waals surface area contributed by atoms with Crippen LogP contribution in [-0.2, 0) is 9.84 Å². The van der Waals surface area contributed by atoms with Gasteiger partial charge in [0.25, 0.3) is 0 Å². The zero-order valence-corrected chi connectivity index (χ0v) is 16.0. The maximum Gasteiger partial charge on any atom is 0.210 e. The normalized spacial score (nSPS) is 22.8. The predicted octanol–water partition coefficient (Wildman–Crippen LogP) is 5.23. The number of rotatable bonds is 5. The molecule has 0 unspecified atom stereocenters. The Hall–Kier alpha value is -1.20. The van der Waals surface area contributed by atoms with Gasteiger partial charge in [-0.1, -0.05) is 43.5 Å². The second-order valence-corrected chi connectivity index (χ2v) is 10.3. The summed E-state index contributed by atoms with van der Waals surface area (Å²) in [6.07, 6.45) is 8.30. The molecule has 0 bridgehead atoms. The number of hydrogen-bond acceptors (Lipinski definition) is 4. The van der Waals surface area contributed by atoms with Crippen molar-refractivity contribution in [2.24, 2.45) is 11.8 Å². The molecule has 130 valence electrons. The van der Waals surface area contributed by atoms with Crippen LogP contribution in [0.4, 0.5) is 0 Å². The molecule has 0 amide bonds. The summed E-state index contributed by atoms with van der Waals surface area (Å²) in [5, 5.41) is 0. The molecule has 1 fully saturated rings. The highest BCUT2D eigenvalue weighted by Crippen LogP contribution is 2.31. The first-order chi connectivity index (χ1) is 11.4. The maximum absolute atomic E-state index is 12.6. The molecular formula is C19H25NO2S2. The second kappa shape index (κ2) is 7.36. The molecular weight excluding hydrogens is 338 g/mol. The number of fused-ring (bicyclic) bond motifs is 1. The zero-order valence-electron chi connectivity index (χ0n) is 14.4.